The van der Waals surface area contributed by atoms with Crippen molar-refractivity contribution >= 4 is 39.9 Å². The van der Waals surface area contributed by atoms with E-state index in [-0.39, 0.29) is 17.2 Å². The number of hydrogen-bond donors (Lipinski definition) is 0. The lowest BCUT2D eigenvalue weighted by Crippen LogP contribution is -2.28. The molecule has 0 aliphatic carbocycles. The standard InChI is InChI=1S/C23H21N3O3S2/c1-25(14-18-6-5-13-30-18)21(27)15-31-23-24-20-8-4-3-7-19(20)22(28)26(23)16-9-11-17(29-2)12-10-16/h3-13H,14-15H2,1-2H3. The Labute approximate surface area is 188 Å². The third kappa shape index (κ3) is 4.65. The minimum atomic E-state index is -0.169. The quantitative estimate of drug-likeness (QED) is 0.311. The van der Waals surface area contributed by atoms with Crippen LogP contribution in [0.2, 0.25) is 0 Å². The van der Waals surface area contributed by atoms with Crippen LogP contribution in [0, 0.1) is 0 Å². The van der Waals surface area contributed by atoms with Crippen molar-refractivity contribution in [3.05, 3.63) is 81.3 Å². The molecule has 0 atom stereocenters. The maximum Gasteiger partial charge on any atom is 0.266 e. The Kier molecular flexibility index (Phi) is 6.39. The van der Waals surface area contributed by atoms with Crippen LogP contribution in [0.4, 0.5) is 0 Å². The minimum Gasteiger partial charge on any atom is -0.497 e. The highest BCUT2D eigenvalue weighted by Gasteiger charge is 2.17. The first-order valence-electron chi connectivity index (χ1n) is 9.62. The summed E-state index contributed by atoms with van der Waals surface area (Å²) in [5, 5.41) is 3.00. The Balaban J connectivity index is 1.65. The predicted octanol–water partition coefficient (Wildman–Crippen LogP) is 4.21. The van der Waals surface area contributed by atoms with Gasteiger partial charge in [0.25, 0.3) is 5.56 Å². The monoisotopic (exact) mass is 451 g/mol. The molecule has 0 N–H and O–H groups in total. The van der Waals surface area contributed by atoms with Crippen molar-refractivity contribution in [2.45, 2.75) is 11.7 Å². The molecule has 0 spiro atoms. The van der Waals surface area contributed by atoms with Crippen LogP contribution in [0.15, 0.2) is 76.0 Å². The number of methoxy groups -OCH3 is 1. The molecule has 4 rings (SSSR count). The fourth-order valence-corrected chi connectivity index (χ4v) is 4.84. The molecule has 0 fully saturated rings. The van der Waals surface area contributed by atoms with Crippen LogP contribution in [0.25, 0.3) is 16.6 Å². The fourth-order valence-electron chi connectivity index (χ4n) is 3.13. The Morgan fingerprint density at radius 3 is 2.61 bits per heavy atom. The van der Waals surface area contributed by atoms with Crippen molar-refractivity contribution < 1.29 is 9.53 Å². The number of rotatable bonds is 7. The molecule has 31 heavy (non-hydrogen) atoms. The smallest absolute Gasteiger partial charge is 0.266 e. The summed E-state index contributed by atoms with van der Waals surface area (Å²) in [6, 6.07) is 18.4. The largest absolute Gasteiger partial charge is 0.497 e. The number of benzene rings is 2. The maximum absolute atomic E-state index is 13.3. The Morgan fingerprint density at radius 1 is 1.13 bits per heavy atom. The van der Waals surface area contributed by atoms with Gasteiger partial charge in [-0.2, -0.15) is 0 Å². The molecule has 0 saturated heterocycles. The number of ether oxygens (including phenoxy) is 1. The fraction of sp³-hybridized carbons (Fsp3) is 0.174. The number of hydrogen-bond acceptors (Lipinski definition) is 6. The second kappa shape index (κ2) is 9.36. The number of aromatic nitrogens is 2. The number of fused-ring (bicyclic) bond motifs is 1. The zero-order chi connectivity index (χ0) is 21.8. The Bertz CT molecular complexity index is 1250. The highest BCUT2D eigenvalue weighted by atomic mass is 32.2. The highest BCUT2D eigenvalue weighted by Crippen LogP contribution is 2.23. The van der Waals surface area contributed by atoms with E-state index in [0.29, 0.717) is 34.0 Å². The van der Waals surface area contributed by atoms with Gasteiger partial charge in [0.1, 0.15) is 5.75 Å². The molecule has 0 aliphatic rings. The summed E-state index contributed by atoms with van der Waals surface area (Å²) in [5.41, 5.74) is 1.11. The molecule has 2 heterocycles. The molecule has 0 radical (unpaired) electrons. The summed E-state index contributed by atoms with van der Waals surface area (Å²) in [7, 11) is 3.38. The first kappa shape index (κ1) is 21.1. The van der Waals surface area contributed by atoms with Crippen molar-refractivity contribution in [2.75, 3.05) is 19.9 Å². The second-order valence-electron chi connectivity index (χ2n) is 6.87. The molecular formula is C23H21N3O3S2. The molecule has 0 unspecified atom stereocenters. The van der Waals surface area contributed by atoms with Gasteiger partial charge in [0.2, 0.25) is 5.91 Å². The third-order valence-corrected chi connectivity index (χ3v) is 6.58. The highest BCUT2D eigenvalue weighted by molar-refractivity contribution is 7.99. The van der Waals surface area contributed by atoms with E-state index in [0.717, 1.165) is 4.88 Å². The summed E-state index contributed by atoms with van der Waals surface area (Å²) in [4.78, 5) is 33.5. The predicted molar refractivity (Wildman–Crippen MR) is 125 cm³/mol. The Morgan fingerprint density at radius 2 is 1.90 bits per heavy atom. The number of nitrogens with zero attached hydrogens (tertiary/aromatic N) is 3. The number of para-hydroxylation sites is 1. The minimum absolute atomic E-state index is 0.0258. The van der Waals surface area contributed by atoms with Gasteiger partial charge in [-0.1, -0.05) is 30.0 Å². The van der Waals surface area contributed by atoms with Crippen LogP contribution in [-0.4, -0.2) is 40.3 Å². The molecule has 4 aromatic rings. The van der Waals surface area contributed by atoms with E-state index in [9.17, 15) is 9.59 Å². The molecule has 158 valence electrons. The van der Waals surface area contributed by atoms with E-state index >= 15 is 0 Å². The number of carbonyl (C=O) groups is 1. The lowest BCUT2D eigenvalue weighted by molar-refractivity contribution is -0.127. The van der Waals surface area contributed by atoms with Gasteiger partial charge in [-0.25, -0.2) is 4.98 Å². The van der Waals surface area contributed by atoms with Crippen LogP contribution in [0.3, 0.4) is 0 Å². The number of carbonyl (C=O) groups excluding carboxylic acids is 1. The topological polar surface area (TPSA) is 64.4 Å². The lowest BCUT2D eigenvalue weighted by atomic mass is 10.2. The summed E-state index contributed by atoms with van der Waals surface area (Å²) < 4.78 is 6.78. The number of thioether (sulfide) groups is 1. The van der Waals surface area contributed by atoms with E-state index in [1.165, 1.54) is 11.8 Å². The van der Waals surface area contributed by atoms with Gasteiger partial charge in [0, 0.05) is 11.9 Å². The van der Waals surface area contributed by atoms with Crippen molar-refractivity contribution in [1.29, 1.82) is 0 Å². The molecule has 0 bridgehead atoms. The first-order chi connectivity index (χ1) is 15.1. The van der Waals surface area contributed by atoms with Crippen molar-refractivity contribution in [2.24, 2.45) is 0 Å². The summed E-state index contributed by atoms with van der Waals surface area (Å²) >= 11 is 2.88. The number of thiophene rings is 1. The Hall–Kier alpha value is -3.10. The maximum atomic E-state index is 13.3. The molecule has 6 nitrogen and oxygen atoms in total. The van der Waals surface area contributed by atoms with Gasteiger partial charge in [-0.3, -0.25) is 14.2 Å². The van der Waals surface area contributed by atoms with Crippen molar-refractivity contribution in [1.82, 2.24) is 14.5 Å². The molecule has 8 heteroatoms. The van der Waals surface area contributed by atoms with Crippen molar-refractivity contribution in [3.8, 4) is 11.4 Å². The molecular weight excluding hydrogens is 430 g/mol. The zero-order valence-corrected chi connectivity index (χ0v) is 18.8. The summed E-state index contributed by atoms with van der Waals surface area (Å²) in [6.07, 6.45) is 0. The summed E-state index contributed by atoms with van der Waals surface area (Å²) in [5.74, 6) is 0.857. The van der Waals surface area contributed by atoms with E-state index < -0.39 is 0 Å². The van der Waals surface area contributed by atoms with E-state index in [1.807, 2.05) is 47.8 Å². The lowest BCUT2D eigenvalue weighted by Gasteiger charge is -2.17. The zero-order valence-electron chi connectivity index (χ0n) is 17.1. The molecule has 2 aromatic carbocycles. The van der Waals surface area contributed by atoms with E-state index in [1.54, 1.807) is 53.2 Å². The van der Waals surface area contributed by atoms with Crippen LogP contribution in [-0.2, 0) is 11.3 Å². The molecule has 0 saturated carbocycles. The van der Waals surface area contributed by atoms with Gasteiger partial charge in [0.05, 0.1) is 36.0 Å². The number of amides is 1. The van der Waals surface area contributed by atoms with Crippen molar-refractivity contribution in [3.63, 3.8) is 0 Å². The van der Waals surface area contributed by atoms with Gasteiger partial charge in [0.15, 0.2) is 5.16 Å². The van der Waals surface area contributed by atoms with Gasteiger partial charge >= 0.3 is 0 Å². The van der Waals surface area contributed by atoms with Crippen LogP contribution in [0.5, 0.6) is 5.75 Å². The normalized spacial score (nSPS) is 10.9. The molecule has 2 aromatic heterocycles. The van der Waals surface area contributed by atoms with Gasteiger partial charge in [-0.05, 0) is 47.8 Å². The summed E-state index contributed by atoms with van der Waals surface area (Å²) in [6.45, 7) is 0.563. The van der Waals surface area contributed by atoms with Crippen LogP contribution in [0.1, 0.15) is 4.88 Å². The van der Waals surface area contributed by atoms with Crippen LogP contribution < -0.4 is 10.3 Å². The third-order valence-electron chi connectivity index (χ3n) is 4.80. The first-order valence-corrected chi connectivity index (χ1v) is 11.5. The van der Waals surface area contributed by atoms with Crippen LogP contribution >= 0.6 is 23.1 Å². The van der Waals surface area contributed by atoms with E-state index in [2.05, 4.69) is 4.98 Å². The van der Waals surface area contributed by atoms with Gasteiger partial charge < -0.3 is 9.64 Å². The average molecular weight is 452 g/mol. The van der Waals surface area contributed by atoms with Gasteiger partial charge in [-0.15, -0.1) is 11.3 Å². The SMILES string of the molecule is COc1ccc(-n2c(SCC(=O)N(C)Cc3cccs3)nc3ccccc3c2=O)cc1. The molecule has 1 amide bonds. The van der Waals surface area contributed by atoms with E-state index in [4.69, 9.17) is 4.74 Å². The molecule has 0 aliphatic heterocycles. The second-order valence-corrected chi connectivity index (χ2v) is 8.84. The average Bonchev–Trinajstić information content (AvgIpc) is 3.31.